The molecule has 1 fully saturated rings. The number of aryl methyl sites for hydroxylation is 1. The molecule has 0 spiro atoms. The summed E-state index contributed by atoms with van der Waals surface area (Å²) < 4.78 is 34.9. The molecule has 2 aromatic heterocycles. The molecular formula is C40H48FN3O5. The fourth-order valence-electron chi connectivity index (χ4n) is 6.42. The number of halogens is 1. The van der Waals surface area contributed by atoms with Crippen molar-refractivity contribution in [1.82, 2.24) is 9.61 Å². The Kier molecular flexibility index (Phi) is 10.6. The quantitative estimate of drug-likeness (QED) is 0.142. The Bertz CT molecular complexity index is 1830. The van der Waals surface area contributed by atoms with E-state index in [1.807, 2.05) is 75.7 Å². The second-order valence-electron chi connectivity index (χ2n) is 14.1. The van der Waals surface area contributed by atoms with Gasteiger partial charge in [-0.15, -0.1) is 13.2 Å². The van der Waals surface area contributed by atoms with Crippen molar-refractivity contribution in [3.05, 3.63) is 97.0 Å². The Morgan fingerprint density at radius 1 is 1.10 bits per heavy atom. The highest BCUT2D eigenvalue weighted by molar-refractivity contribution is 5.87. The van der Waals surface area contributed by atoms with Gasteiger partial charge in [-0.25, -0.2) is 13.7 Å². The molecule has 0 bridgehead atoms. The molecule has 9 heteroatoms. The highest BCUT2D eigenvalue weighted by Crippen LogP contribution is 2.42. The summed E-state index contributed by atoms with van der Waals surface area (Å²) in [5.74, 6) is -0.830. The summed E-state index contributed by atoms with van der Waals surface area (Å²) in [6.45, 7) is 20.9. The smallest absolute Gasteiger partial charge is 0.337 e. The van der Waals surface area contributed by atoms with Crippen molar-refractivity contribution in [2.24, 2.45) is 0 Å². The van der Waals surface area contributed by atoms with Crippen molar-refractivity contribution in [3.8, 4) is 28.1 Å². The Morgan fingerprint density at radius 2 is 1.82 bits per heavy atom. The molecule has 4 aromatic rings. The minimum atomic E-state index is -1.19. The van der Waals surface area contributed by atoms with Gasteiger partial charge in [-0.1, -0.05) is 30.4 Å². The fraction of sp³-hybridized carbons (Fsp3) is 0.400. The van der Waals surface area contributed by atoms with Crippen LogP contribution in [-0.4, -0.2) is 57.7 Å². The van der Waals surface area contributed by atoms with Crippen molar-refractivity contribution in [2.45, 2.75) is 84.2 Å². The number of anilines is 1. The lowest BCUT2D eigenvalue weighted by Crippen LogP contribution is -2.45. The number of carbonyl (C=O) groups is 1. The summed E-state index contributed by atoms with van der Waals surface area (Å²) in [7, 11) is 0. The van der Waals surface area contributed by atoms with Crippen molar-refractivity contribution in [3.63, 3.8) is 0 Å². The number of nitrogens with zero attached hydrogens (tertiary/aromatic N) is 3. The van der Waals surface area contributed by atoms with Gasteiger partial charge in [-0.2, -0.15) is 5.10 Å². The van der Waals surface area contributed by atoms with Gasteiger partial charge < -0.3 is 24.2 Å². The number of benzene rings is 2. The maximum Gasteiger partial charge on any atom is 0.337 e. The van der Waals surface area contributed by atoms with Crippen LogP contribution in [0.4, 0.5) is 10.1 Å². The number of fused-ring (bicyclic) bond motifs is 1. The molecule has 3 heterocycles. The molecule has 0 saturated carbocycles. The first kappa shape index (κ1) is 35.8. The molecule has 260 valence electrons. The standard InChI is InChI=1S/C40H48FN3O5/c1-9-12-27(4)48-34-16-15-30(41)23-31(34)28-13-11-14-29(22-28)32-24-33-36(43-19-17-40(8,18-20-43)47-21-10-2)35(26(3)25-44(33)42-32)37(38(45)46)49-39(5,6)7/h9-11,13-16,22-25,27,37H,1-2,12,17-21H2,3-8H3,(H,45,46). The number of ether oxygens (including phenoxy) is 3. The van der Waals surface area contributed by atoms with E-state index in [-0.39, 0.29) is 17.5 Å². The first-order chi connectivity index (χ1) is 23.2. The average Bonchev–Trinajstić information content (AvgIpc) is 3.47. The molecule has 1 aliphatic heterocycles. The van der Waals surface area contributed by atoms with Crippen LogP contribution >= 0.6 is 0 Å². The maximum absolute atomic E-state index is 14.6. The highest BCUT2D eigenvalue weighted by atomic mass is 19.1. The summed E-state index contributed by atoms with van der Waals surface area (Å²) in [6.07, 6.45) is 6.27. The van der Waals surface area contributed by atoms with Crippen LogP contribution in [0.5, 0.6) is 5.75 Å². The number of aliphatic carboxylic acids is 1. The number of aromatic nitrogens is 2. The van der Waals surface area contributed by atoms with Gasteiger partial charge >= 0.3 is 5.97 Å². The van der Waals surface area contributed by atoms with E-state index in [1.165, 1.54) is 12.1 Å². The van der Waals surface area contributed by atoms with Gasteiger partial charge in [-0.05, 0) is 95.8 Å². The third kappa shape index (κ3) is 8.23. The summed E-state index contributed by atoms with van der Waals surface area (Å²) in [4.78, 5) is 15.1. The average molecular weight is 670 g/mol. The first-order valence-electron chi connectivity index (χ1n) is 16.8. The largest absolute Gasteiger partial charge is 0.490 e. The third-order valence-corrected chi connectivity index (χ3v) is 8.86. The van der Waals surface area contributed by atoms with Crippen LogP contribution in [0.3, 0.4) is 0 Å². The zero-order valence-corrected chi connectivity index (χ0v) is 29.5. The van der Waals surface area contributed by atoms with E-state index in [9.17, 15) is 14.3 Å². The number of piperidine rings is 1. The maximum atomic E-state index is 14.6. The second kappa shape index (κ2) is 14.6. The molecule has 1 aliphatic rings. The zero-order chi connectivity index (χ0) is 35.5. The van der Waals surface area contributed by atoms with Crippen molar-refractivity contribution >= 4 is 17.2 Å². The molecule has 8 nitrogen and oxygen atoms in total. The van der Waals surface area contributed by atoms with Gasteiger partial charge in [0.25, 0.3) is 0 Å². The normalized spacial score (nSPS) is 15.9. The van der Waals surface area contributed by atoms with Gasteiger partial charge in [0, 0.05) is 42.4 Å². The topological polar surface area (TPSA) is 85.5 Å². The Labute approximate surface area is 288 Å². The minimum absolute atomic E-state index is 0.128. The van der Waals surface area contributed by atoms with Crippen LogP contribution in [0, 0.1) is 12.7 Å². The van der Waals surface area contributed by atoms with E-state index in [1.54, 1.807) is 18.2 Å². The van der Waals surface area contributed by atoms with Crippen LogP contribution in [-0.2, 0) is 14.3 Å². The lowest BCUT2D eigenvalue weighted by molar-refractivity contribution is -0.160. The zero-order valence-electron chi connectivity index (χ0n) is 29.5. The molecule has 1 saturated heterocycles. The molecule has 0 amide bonds. The van der Waals surface area contributed by atoms with E-state index in [0.29, 0.717) is 48.7 Å². The Hall–Kier alpha value is -4.47. The monoisotopic (exact) mass is 669 g/mol. The second-order valence-corrected chi connectivity index (χ2v) is 14.1. The first-order valence-corrected chi connectivity index (χ1v) is 16.8. The lowest BCUT2D eigenvalue weighted by Gasteiger charge is -2.41. The molecule has 2 atom stereocenters. The summed E-state index contributed by atoms with van der Waals surface area (Å²) in [5.41, 5.74) is 4.85. The molecule has 0 radical (unpaired) electrons. The van der Waals surface area contributed by atoms with E-state index in [0.717, 1.165) is 40.7 Å². The summed E-state index contributed by atoms with van der Waals surface area (Å²) in [6, 6.07) is 14.3. The van der Waals surface area contributed by atoms with E-state index in [4.69, 9.17) is 19.3 Å². The van der Waals surface area contributed by atoms with Crippen molar-refractivity contribution in [1.29, 1.82) is 0 Å². The molecular weight excluding hydrogens is 621 g/mol. The van der Waals surface area contributed by atoms with Crippen molar-refractivity contribution in [2.75, 3.05) is 24.6 Å². The van der Waals surface area contributed by atoms with E-state index >= 15 is 0 Å². The Balaban J connectivity index is 1.63. The Morgan fingerprint density at radius 3 is 2.47 bits per heavy atom. The van der Waals surface area contributed by atoms with Crippen LogP contribution < -0.4 is 9.64 Å². The number of rotatable bonds is 13. The highest BCUT2D eigenvalue weighted by Gasteiger charge is 2.37. The van der Waals surface area contributed by atoms with Gasteiger partial charge in [0.1, 0.15) is 11.6 Å². The predicted octanol–water partition coefficient (Wildman–Crippen LogP) is 8.96. The van der Waals surface area contributed by atoms with Crippen LogP contribution in [0.1, 0.15) is 71.1 Å². The number of pyridine rings is 1. The molecule has 0 aliphatic carbocycles. The fourth-order valence-corrected chi connectivity index (χ4v) is 6.42. The minimum Gasteiger partial charge on any atom is -0.490 e. The summed E-state index contributed by atoms with van der Waals surface area (Å²) in [5, 5.41) is 15.5. The lowest BCUT2D eigenvalue weighted by atomic mass is 9.91. The number of carboxylic acids is 1. The van der Waals surface area contributed by atoms with E-state index in [2.05, 4.69) is 25.0 Å². The van der Waals surface area contributed by atoms with Crippen LogP contribution in [0.25, 0.3) is 27.9 Å². The molecule has 5 rings (SSSR count). The van der Waals surface area contributed by atoms with Gasteiger partial charge in [0.2, 0.25) is 0 Å². The SMILES string of the molecule is C=CCOC1(C)CCN(c2c(C(OC(C)(C)C)C(=O)O)c(C)cn3nc(-c4cccc(-c5cc(F)ccc5OC(C)CC=C)c4)cc23)CC1. The van der Waals surface area contributed by atoms with Crippen LogP contribution in [0.2, 0.25) is 0 Å². The van der Waals surface area contributed by atoms with Gasteiger partial charge in [-0.3, -0.25) is 0 Å². The molecule has 49 heavy (non-hydrogen) atoms. The molecule has 2 unspecified atom stereocenters. The number of carboxylic acid groups (broad SMARTS) is 1. The third-order valence-electron chi connectivity index (χ3n) is 8.86. The van der Waals surface area contributed by atoms with Gasteiger partial charge in [0.15, 0.2) is 6.10 Å². The molecule has 1 N–H and O–H groups in total. The van der Waals surface area contributed by atoms with Crippen LogP contribution in [0.15, 0.2) is 80.0 Å². The number of hydrogen-bond acceptors (Lipinski definition) is 6. The van der Waals surface area contributed by atoms with Crippen molar-refractivity contribution < 1.29 is 28.5 Å². The number of hydrogen-bond donors (Lipinski definition) is 1. The van der Waals surface area contributed by atoms with E-state index < -0.39 is 17.7 Å². The summed E-state index contributed by atoms with van der Waals surface area (Å²) >= 11 is 0. The predicted molar refractivity (Wildman–Crippen MR) is 193 cm³/mol. The molecule has 2 aromatic carbocycles. The van der Waals surface area contributed by atoms with Gasteiger partial charge in [0.05, 0.1) is 40.8 Å².